The molecule has 2 aliphatic rings. The second kappa shape index (κ2) is 6.80. The number of hydrogen-bond donors (Lipinski definition) is 1. The maximum atomic E-state index is 13.0. The summed E-state index contributed by atoms with van der Waals surface area (Å²) in [5, 5.41) is 2.83. The van der Waals surface area contributed by atoms with Gasteiger partial charge in [-0.25, -0.2) is 9.79 Å². The van der Waals surface area contributed by atoms with Gasteiger partial charge in [-0.2, -0.15) is 0 Å². The molecule has 6 nitrogen and oxygen atoms in total. The zero-order valence-electron chi connectivity index (χ0n) is 12.8. The van der Waals surface area contributed by atoms with Crippen LogP contribution in [0.1, 0.15) is 18.5 Å². The molecule has 0 saturated carbocycles. The van der Waals surface area contributed by atoms with Gasteiger partial charge >= 0.3 is 6.03 Å². The Hall–Kier alpha value is -1.73. The van der Waals surface area contributed by atoms with E-state index in [1.165, 1.54) is 0 Å². The highest BCUT2D eigenvalue weighted by Crippen LogP contribution is 2.30. The lowest BCUT2D eigenvalue weighted by Gasteiger charge is -2.35. The molecule has 1 aromatic rings. The summed E-state index contributed by atoms with van der Waals surface area (Å²) in [6.45, 7) is 3.97. The van der Waals surface area contributed by atoms with Crippen LogP contribution in [0.2, 0.25) is 0 Å². The number of urea groups is 1. The van der Waals surface area contributed by atoms with Crippen LogP contribution in [0.4, 0.5) is 4.79 Å². The first-order valence-electron chi connectivity index (χ1n) is 7.54. The lowest BCUT2D eigenvalue weighted by Crippen LogP contribution is -2.51. The largest absolute Gasteiger partial charge is 0.378 e. The number of carbonyl (C=O) groups excluding carboxylic acids is 2. The monoisotopic (exact) mass is 379 g/mol. The number of morpholine rings is 1. The van der Waals surface area contributed by atoms with Crippen LogP contribution in [-0.4, -0.2) is 48.9 Å². The number of benzene rings is 1. The number of aliphatic imine (C=N–C) groups is 1. The number of nitrogens with one attached hydrogen (secondary N) is 1. The molecule has 2 atom stereocenters. The number of hydrogen-bond acceptors (Lipinski definition) is 3. The zero-order chi connectivity index (χ0) is 16.4. The van der Waals surface area contributed by atoms with E-state index < -0.39 is 18.0 Å². The van der Waals surface area contributed by atoms with Gasteiger partial charge in [-0.3, -0.25) is 4.79 Å². The van der Waals surface area contributed by atoms with Crippen LogP contribution in [0.15, 0.2) is 33.7 Å². The fourth-order valence-corrected chi connectivity index (χ4v) is 3.41. The van der Waals surface area contributed by atoms with Crippen LogP contribution < -0.4 is 5.32 Å². The molecule has 23 heavy (non-hydrogen) atoms. The standard InChI is InChI=1S/C16H18BrN3O3/c1-10-13(15(21)20-5-7-23-8-6-20)14(19-16(22)18-10)11-3-2-4-12(17)9-11/h2-4,9,13-14H,5-8H2,1H3,(H,19,22). The summed E-state index contributed by atoms with van der Waals surface area (Å²) in [6.07, 6.45) is 0. The third kappa shape index (κ3) is 3.45. The van der Waals surface area contributed by atoms with Crippen molar-refractivity contribution in [2.75, 3.05) is 26.3 Å². The molecule has 0 bridgehead atoms. The predicted octanol–water partition coefficient (Wildman–Crippen LogP) is 2.15. The Morgan fingerprint density at radius 2 is 2.13 bits per heavy atom. The highest BCUT2D eigenvalue weighted by Gasteiger charge is 2.39. The molecule has 1 aromatic carbocycles. The molecule has 7 heteroatoms. The Morgan fingerprint density at radius 3 is 2.83 bits per heavy atom. The molecule has 0 radical (unpaired) electrons. The molecule has 0 spiro atoms. The quantitative estimate of drug-likeness (QED) is 0.855. The number of halogens is 1. The van der Waals surface area contributed by atoms with Crippen molar-refractivity contribution in [1.82, 2.24) is 10.2 Å². The van der Waals surface area contributed by atoms with Gasteiger partial charge < -0.3 is 15.0 Å². The van der Waals surface area contributed by atoms with E-state index in [9.17, 15) is 9.59 Å². The molecule has 3 rings (SSSR count). The molecule has 122 valence electrons. The summed E-state index contributed by atoms with van der Waals surface area (Å²) < 4.78 is 6.21. The molecular formula is C16H18BrN3O3. The summed E-state index contributed by atoms with van der Waals surface area (Å²) in [4.78, 5) is 30.5. The van der Waals surface area contributed by atoms with E-state index in [1.807, 2.05) is 24.3 Å². The first-order chi connectivity index (χ1) is 11.1. The number of nitrogens with zero attached hydrogens (tertiary/aromatic N) is 2. The van der Waals surface area contributed by atoms with Gasteiger partial charge in [-0.15, -0.1) is 0 Å². The van der Waals surface area contributed by atoms with Crippen LogP contribution in [0.3, 0.4) is 0 Å². The van der Waals surface area contributed by atoms with E-state index >= 15 is 0 Å². The van der Waals surface area contributed by atoms with Gasteiger partial charge in [0.05, 0.1) is 19.3 Å². The van der Waals surface area contributed by atoms with Crippen molar-refractivity contribution in [3.8, 4) is 0 Å². The minimum Gasteiger partial charge on any atom is -0.378 e. The predicted molar refractivity (Wildman–Crippen MR) is 89.4 cm³/mol. The Labute approximate surface area is 143 Å². The molecule has 1 fully saturated rings. The van der Waals surface area contributed by atoms with Crippen molar-refractivity contribution >= 4 is 33.6 Å². The van der Waals surface area contributed by atoms with Crippen LogP contribution >= 0.6 is 15.9 Å². The average Bonchev–Trinajstić information content (AvgIpc) is 2.54. The van der Waals surface area contributed by atoms with Gasteiger partial charge in [0.15, 0.2) is 0 Å². The van der Waals surface area contributed by atoms with Crippen LogP contribution in [0, 0.1) is 5.92 Å². The van der Waals surface area contributed by atoms with E-state index in [-0.39, 0.29) is 5.91 Å². The van der Waals surface area contributed by atoms with E-state index in [1.54, 1.807) is 11.8 Å². The summed E-state index contributed by atoms with van der Waals surface area (Å²) in [5.74, 6) is -0.500. The van der Waals surface area contributed by atoms with E-state index in [0.717, 1.165) is 10.0 Å². The fourth-order valence-electron chi connectivity index (χ4n) is 3.00. The van der Waals surface area contributed by atoms with Gasteiger partial charge in [-0.1, -0.05) is 28.1 Å². The number of rotatable bonds is 2. The van der Waals surface area contributed by atoms with Crippen LogP contribution in [0.5, 0.6) is 0 Å². The van der Waals surface area contributed by atoms with Gasteiger partial charge in [0.2, 0.25) is 5.91 Å². The van der Waals surface area contributed by atoms with Crippen molar-refractivity contribution in [3.63, 3.8) is 0 Å². The molecule has 2 unspecified atom stereocenters. The summed E-state index contributed by atoms with van der Waals surface area (Å²) in [6, 6.07) is 6.82. The molecule has 2 heterocycles. The Kier molecular flexibility index (Phi) is 4.77. The summed E-state index contributed by atoms with van der Waals surface area (Å²) in [5.41, 5.74) is 1.43. The lowest BCUT2D eigenvalue weighted by atomic mass is 9.87. The van der Waals surface area contributed by atoms with Crippen molar-refractivity contribution in [2.24, 2.45) is 10.9 Å². The molecule has 1 N–H and O–H groups in total. The minimum atomic E-state index is -0.486. The molecule has 1 saturated heterocycles. The van der Waals surface area contributed by atoms with E-state index in [0.29, 0.717) is 32.0 Å². The maximum Gasteiger partial charge on any atom is 0.341 e. The molecular weight excluding hydrogens is 362 g/mol. The number of amides is 3. The summed E-state index contributed by atoms with van der Waals surface area (Å²) in [7, 11) is 0. The molecule has 3 amide bonds. The Bertz CT molecular complexity index is 656. The lowest BCUT2D eigenvalue weighted by molar-refractivity contribution is -0.138. The Balaban J connectivity index is 1.93. The van der Waals surface area contributed by atoms with Crippen molar-refractivity contribution in [2.45, 2.75) is 13.0 Å². The van der Waals surface area contributed by atoms with Gasteiger partial charge in [-0.05, 0) is 24.6 Å². The van der Waals surface area contributed by atoms with Gasteiger partial charge in [0, 0.05) is 23.3 Å². The van der Waals surface area contributed by atoms with Gasteiger partial charge in [0.1, 0.15) is 5.92 Å². The molecule has 0 aromatic heterocycles. The fraction of sp³-hybridized carbons (Fsp3) is 0.438. The highest BCUT2D eigenvalue weighted by molar-refractivity contribution is 9.10. The first kappa shape index (κ1) is 16.1. The van der Waals surface area contributed by atoms with Crippen LogP contribution in [-0.2, 0) is 9.53 Å². The second-order valence-corrected chi connectivity index (χ2v) is 6.57. The first-order valence-corrected chi connectivity index (χ1v) is 8.33. The second-order valence-electron chi connectivity index (χ2n) is 5.65. The summed E-state index contributed by atoms with van der Waals surface area (Å²) >= 11 is 3.44. The third-order valence-electron chi connectivity index (χ3n) is 4.14. The SMILES string of the molecule is CC1=NC(=O)NC(c2cccc(Br)c2)C1C(=O)N1CCOCC1. The number of ether oxygens (including phenoxy) is 1. The molecule has 2 aliphatic heterocycles. The van der Waals surface area contributed by atoms with Crippen LogP contribution in [0.25, 0.3) is 0 Å². The van der Waals surface area contributed by atoms with Gasteiger partial charge in [0.25, 0.3) is 0 Å². The smallest absolute Gasteiger partial charge is 0.341 e. The van der Waals surface area contributed by atoms with E-state index in [4.69, 9.17) is 4.74 Å². The Morgan fingerprint density at radius 1 is 1.39 bits per heavy atom. The topological polar surface area (TPSA) is 71.0 Å². The third-order valence-corrected chi connectivity index (χ3v) is 4.63. The van der Waals surface area contributed by atoms with Crippen molar-refractivity contribution in [1.29, 1.82) is 0 Å². The van der Waals surface area contributed by atoms with Crippen molar-refractivity contribution < 1.29 is 14.3 Å². The maximum absolute atomic E-state index is 13.0. The normalized spacial score (nSPS) is 24.9. The zero-order valence-corrected chi connectivity index (χ0v) is 14.4. The van der Waals surface area contributed by atoms with Crippen molar-refractivity contribution in [3.05, 3.63) is 34.3 Å². The number of carbonyl (C=O) groups is 2. The minimum absolute atomic E-state index is 0.0143. The molecule has 0 aliphatic carbocycles. The van der Waals surface area contributed by atoms with E-state index in [2.05, 4.69) is 26.2 Å². The highest BCUT2D eigenvalue weighted by atomic mass is 79.9. The average molecular weight is 380 g/mol.